The average molecular weight is 250 g/mol. The molecule has 0 aromatic heterocycles. The fourth-order valence-electron chi connectivity index (χ4n) is 1.74. The zero-order chi connectivity index (χ0) is 13.5. The van der Waals surface area contributed by atoms with Crippen molar-refractivity contribution in [2.75, 3.05) is 20.2 Å². The monoisotopic (exact) mass is 250 g/mol. The number of amides is 1. The van der Waals surface area contributed by atoms with Crippen LogP contribution in [0, 0.1) is 0 Å². The van der Waals surface area contributed by atoms with Gasteiger partial charge in [0.05, 0.1) is 13.7 Å². The van der Waals surface area contributed by atoms with Crippen LogP contribution in [0.4, 0.5) is 0 Å². The van der Waals surface area contributed by atoms with Gasteiger partial charge in [-0.05, 0) is 29.5 Å². The molecule has 1 aromatic carbocycles. The molecule has 4 heteroatoms. The second kappa shape index (κ2) is 7.01. The summed E-state index contributed by atoms with van der Waals surface area (Å²) in [5.41, 5.74) is 7.57. The first-order valence-electron chi connectivity index (χ1n) is 6.22. The Labute approximate surface area is 109 Å². The van der Waals surface area contributed by atoms with Crippen molar-refractivity contribution < 1.29 is 9.53 Å². The fraction of sp³-hybridized carbons (Fsp3) is 0.500. The molecule has 0 spiro atoms. The third-order valence-corrected chi connectivity index (χ3v) is 2.88. The Bertz CT molecular complexity index is 403. The van der Waals surface area contributed by atoms with E-state index in [1.54, 1.807) is 7.11 Å². The summed E-state index contributed by atoms with van der Waals surface area (Å²) >= 11 is 0. The summed E-state index contributed by atoms with van der Waals surface area (Å²) in [5.74, 6) is 1.22. The number of carbonyl (C=O) groups excluding carboxylic acids is 1. The topological polar surface area (TPSA) is 64.3 Å². The number of rotatable bonds is 6. The normalized spacial score (nSPS) is 10.5. The van der Waals surface area contributed by atoms with E-state index >= 15 is 0 Å². The van der Waals surface area contributed by atoms with E-state index in [-0.39, 0.29) is 12.5 Å². The van der Waals surface area contributed by atoms with Gasteiger partial charge >= 0.3 is 0 Å². The number of hydrogen-bond donors (Lipinski definition) is 2. The molecular weight excluding hydrogens is 228 g/mol. The molecule has 0 aliphatic rings. The van der Waals surface area contributed by atoms with Gasteiger partial charge in [0.15, 0.2) is 0 Å². The van der Waals surface area contributed by atoms with Gasteiger partial charge in [-0.2, -0.15) is 0 Å². The van der Waals surface area contributed by atoms with Crippen LogP contribution < -0.4 is 15.8 Å². The van der Waals surface area contributed by atoms with Gasteiger partial charge in [-0.25, -0.2) is 0 Å². The zero-order valence-electron chi connectivity index (χ0n) is 11.3. The lowest BCUT2D eigenvalue weighted by atomic mass is 10.00. The lowest BCUT2D eigenvalue weighted by Crippen LogP contribution is -2.31. The van der Waals surface area contributed by atoms with E-state index in [1.165, 1.54) is 5.56 Å². The van der Waals surface area contributed by atoms with Gasteiger partial charge in [-0.1, -0.05) is 26.0 Å². The molecule has 0 aliphatic carbocycles. The molecule has 4 nitrogen and oxygen atoms in total. The van der Waals surface area contributed by atoms with Gasteiger partial charge < -0.3 is 15.8 Å². The van der Waals surface area contributed by atoms with Crippen molar-refractivity contribution in [3.63, 3.8) is 0 Å². The van der Waals surface area contributed by atoms with Gasteiger partial charge in [-0.3, -0.25) is 4.79 Å². The van der Waals surface area contributed by atoms with Gasteiger partial charge in [0.25, 0.3) is 0 Å². The minimum Gasteiger partial charge on any atom is -0.496 e. The number of nitrogens with one attached hydrogen (secondary N) is 1. The summed E-state index contributed by atoms with van der Waals surface area (Å²) in [5, 5.41) is 2.75. The van der Waals surface area contributed by atoms with E-state index in [4.69, 9.17) is 10.5 Å². The SMILES string of the molecule is COc1cc(C(C)C)ccc1CCNC(=O)CN. The summed E-state index contributed by atoms with van der Waals surface area (Å²) < 4.78 is 5.38. The quantitative estimate of drug-likeness (QED) is 0.803. The molecule has 18 heavy (non-hydrogen) atoms. The predicted molar refractivity (Wildman–Crippen MR) is 72.9 cm³/mol. The van der Waals surface area contributed by atoms with Gasteiger partial charge in [-0.15, -0.1) is 0 Å². The van der Waals surface area contributed by atoms with E-state index in [9.17, 15) is 4.79 Å². The third-order valence-electron chi connectivity index (χ3n) is 2.88. The molecule has 0 aliphatic heterocycles. The molecule has 3 N–H and O–H groups in total. The van der Waals surface area contributed by atoms with E-state index < -0.39 is 0 Å². The molecule has 0 radical (unpaired) electrons. The van der Waals surface area contributed by atoms with Crippen molar-refractivity contribution >= 4 is 5.91 Å². The molecule has 1 aromatic rings. The maximum Gasteiger partial charge on any atom is 0.233 e. The van der Waals surface area contributed by atoms with Crippen molar-refractivity contribution in [2.45, 2.75) is 26.2 Å². The first-order chi connectivity index (χ1) is 8.58. The fourth-order valence-corrected chi connectivity index (χ4v) is 1.74. The largest absolute Gasteiger partial charge is 0.496 e. The highest BCUT2D eigenvalue weighted by Crippen LogP contribution is 2.24. The number of carbonyl (C=O) groups is 1. The highest BCUT2D eigenvalue weighted by molar-refractivity contribution is 5.77. The van der Waals surface area contributed by atoms with Crippen molar-refractivity contribution in [1.82, 2.24) is 5.32 Å². The Morgan fingerprint density at radius 2 is 2.17 bits per heavy atom. The molecule has 100 valence electrons. The molecule has 0 saturated heterocycles. The van der Waals surface area contributed by atoms with Crippen molar-refractivity contribution in [1.29, 1.82) is 0 Å². The van der Waals surface area contributed by atoms with E-state index in [1.807, 2.05) is 0 Å². The smallest absolute Gasteiger partial charge is 0.233 e. The Balaban J connectivity index is 2.68. The molecule has 0 heterocycles. The van der Waals surface area contributed by atoms with Gasteiger partial charge in [0.2, 0.25) is 5.91 Å². The summed E-state index contributed by atoms with van der Waals surface area (Å²) in [6.45, 7) is 4.91. The number of nitrogens with two attached hydrogens (primary N) is 1. The number of benzene rings is 1. The number of methoxy groups -OCH3 is 1. The van der Waals surface area contributed by atoms with Crippen LogP contribution in [-0.4, -0.2) is 26.1 Å². The Hall–Kier alpha value is -1.55. The molecular formula is C14H22N2O2. The third kappa shape index (κ3) is 4.04. The van der Waals surface area contributed by atoms with Crippen LogP contribution >= 0.6 is 0 Å². The van der Waals surface area contributed by atoms with Crippen molar-refractivity contribution in [2.24, 2.45) is 5.73 Å². The molecule has 0 atom stereocenters. The predicted octanol–water partition coefficient (Wildman–Crippen LogP) is 1.44. The minimum absolute atomic E-state index is 0.0312. The Kier molecular flexibility index (Phi) is 5.65. The molecule has 0 fully saturated rings. The van der Waals surface area contributed by atoms with Crippen LogP contribution in [0.25, 0.3) is 0 Å². The van der Waals surface area contributed by atoms with E-state index in [0.717, 1.165) is 17.7 Å². The first-order valence-corrected chi connectivity index (χ1v) is 6.22. The molecule has 1 amide bonds. The summed E-state index contributed by atoms with van der Waals surface area (Å²) in [7, 11) is 1.67. The van der Waals surface area contributed by atoms with Crippen LogP contribution in [0.1, 0.15) is 30.9 Å². The molecule has 0 unspecified atom stereocenters. The number of ether oxygens (including phenoxy) is 1. The lowest BCUT2D eigenvalue weighted by Gasteiger charge is -2.13. The van der Waals surface area contributed by atoms with E-state index in [2.05, 4.69) is 37.4 Å². The second-order valence-electron chi connectivity index (χ2n) is 4.53. The van der Waals surface area contributed by atoms with Crippen molar-refractivity contribution in [3.05, 3.63) is 29.3 Å². The Morgan fingerprint density at radius 3 is 2.72 bits per heavy atom. The van der Waals surface area contributed by atoms with Crippen LogP contribution in [0.5, 0.6) is 5.75 Å². The molecule has 0 bridgehead atoms. The Morgan fingerprint density at radius 1 is 1.44 bits per heavy atom. The van der Waals surface area contributed by atoms with Crippen LogP contribution in [-0.2, 0) is 11.2 Å². The zero-order valence-corrected chi connectivity index (χ0v) is 11.3. The van der Waals surface area contributed by atoms with Gasteiger partial charge in [0, 0.05) is 6.54 Å². The maximum absolute atomic E-state index is 11.0. The van der Waals surface area contributed by atoms with Crippen LogP contribution in [0.15, 0.2) is 18.2 Å². The maximum atomic E-state index is 11.0. The summed E-state index contributed by atoms with van der Waals surface area (Å²) in [6, 6.07) is 6.22. The molecule has 0 saturated carbocycles. The summed E-state index contributed by atoms with van der Waals surface area (Å²) in [4.78, 5) is 11.0. The second-order valence-corrected chi connectivity index (χ2v) is 4.53. The van der Waals surface area contributed by atoms with Crippen LogP contribution in [0.3, 0.4) is 0 Å². The highest BCUT2D eigenvalue weighted by atomic mass is 16.5. The highest BCUT2D eigenvalue weighted by Gasteiger charge is 2.07. The summed E-state index contributed by atoms with van der Waals surface area (Å²) in [6.07, 6.45) is 0.743. The lowest BCUT2D eigenvalue weighted by molar-refractivity contribution is -0.119. The minimum atomic E-state index is -0.132. The molecule has 1 rings (SSSR count). The average Bonchev–Trinajstić information content (AvgIpc) is 2.38. The van der Waals surface area contributed by atoms with Crippen LogP contribution in [0.2, 0.25) is 0 Å². The van der Waals surface area contributed by atoms with Gasteiger partial charge in [0.1, 0.15) is 5.75 Å². The van der Waals surface area contributed by atoms with E-state index in [0.29, 0.717) is 12.5 Å². The standard InChI is InChI=1S/C14H22N2O2/c1-10(2)12-5-4-11(13(8-12)18-3)6-7-16-14(17)9-15/h4-5,8,10H,6-7,9,15H2,1-3H3,(H,16,17). The first kappa shape index (κ1) is 14.5. The number of hydrogen-bond acceptors (Lipinski definition) is 3. The van der Waals surface area contributed by atoms with Crippen molar-refractivity contribution in [3.8, 4) is 5.75 Å².